The highest BCUT2D eigenvalue weighted by Crippen LogP contribution is 2.11. The lowest BCUT2D eigenvalue weighted by atomic mass is 10.2. The van der Waals surface area contributed by atoms with E-state index >= 15 is 0 Å². The molecule has 7 nitrogen and oxygen atoms in total. The van der Waals surface area contributed by atoms with Gasteiger partial charge in [-0.2, -0.15) is 5.26 Å². The predicted molar refractivity (Wildman–Crippen MR) is 113 cm³/mol. The summed E-state index contributed by atoms with van der Waals surface area (Å²) in [4.78, 5) is 26.6. The normalized spacial score (nSPS) is 17.9. The molecule has 0 saturated carbocycles. The van der Waals surface area contributed by atoms with E-state index in [1.165, 1.54) is 27.2 Å². The Balaban J connectivity index is 1.99. The minimum absolute atomic E-state index is 0.0196. The van der Waals surface area contributed by atoms with Gasteiger partial charge in [0.15, 0.2) is 5.57 Å². The molecule has 0 aliphatic carbocycles. The van der Waals surface area contributed by atoms with Gasteiger partial charge in [0.1, 0.15) is 10.7 Å². The lowest BCUT2D eigenvalue weighted by Gasteiger charge is -2.10. The van der Waals surface area contributed by atoms with Crippen LogP contribution in [0.5, 0.6) is 0 Å². The first-order valence-corrected chi connectivity index (χ1v) is 11.1. The van der Waals surface area contributed by atoms with Gasteiger partial charge < -0.3 is 14.8 Å². The summed E-state index contributed by atoms with van der Waals surface area (Å²) in [5.74, 6) is -0.479. The molecule has 1 aliphatic rings. The second-order valence-corrected chi connectivity index (χ2v) is 8.58. The number of thiazole rings is 1. The van der Waals surface area contributed by atoms with Crippen LogP contribution in [0, 0.1) is 11.3 Å². The third-order valence-corrected chi connectivity index (χ3v) is 6.47. The lowest BCUT2D eigenvalue weighted by Crippen LogP contribution is -2.37. The van der Waals surface area contributed by atoms with E-state index in [1.54, 1.807) is 13.2 Å². The highest BCUT2D eigenvalue weighted by Gasteiger charge is 2.20. The van der Waals surface area contributed by atoms with Crippen LogP contribution in [0.3, 0.4) is 0 Å². The summed E-state index contributed by atoms with van der Waals surface area (Å²) in [6, 6.07) is 5.82. The maximum absolute atomic E-state index is 13.0. The summed E-state index contributed by atoms with van der Waals surface area (Å²) in [6.07, 6.45) is 4.25. The van der Waals surface area contributed by atoms with Gasteiger partial charge >= 0.3 is 0 Å². The number of nitrogens with one attached hydrogen (secondary N) is 1. The van der Waals surface area contributed by atoms with Gasteiger partial charge in [-0.05, 0) is 36.8 Å². The van der Waals surface area contributed by atoms with Crippen molar-refractivity contribution in [2.45, 2.75) is 31.9 Å². The second kappa shape index (κ2) is 10.5. The molecule has 1 saturated heterocycles. The van der Waals surface area contributed by atoms with Gasteiger partial charge in [-0.3, -0.25) is 14.2 Å². The standard InChI is InChI=1S/C20H23N3O4S2/c1-26-8-4-7-23-19(25)17(11-15-6-3-10-28-15)29-20(23)16(12-21)18(24)22-13-14-5-2-9-27-14/h3,6,10-11,14H,2,4-5,7-9,13H2,1H3,(H,22,24). The van der Waals surface area contributed by atoms with Crippen molar-refractivity contribution in [3.63, 3.8) is 0 Å². The van der Waals surface area contributed by atoms with Crippen LogP contribution in [0.2, 0.25) is 0 Å². The number of rotatable bonds is 8. The van der Waals surface area contributed by atoms with Crippen LogP contribution in [0.15, 0.2) is 22.3 Å². The predicted octanol–water partition coefficient (Wildman–Crippen LogP) is 0.806. The largest absolute Gasteiger partial charge is 0.385 e. The maximum atomic E-state index is 13.0. The molecule has 0 bridgehead atoms. The van der Waals surface area contributed by atoms with E-state index < -0.39 is 5.91 Å². The molecule has 2 aromatic rings. The molecular formula is C20H23N3O4S2. The average Bonchev–Trinajstić information content (AvgIpc) is 3.46. The number of aromatic nitrogens is 1. The summed E-state index contributed by atoms with van der Waals surface area (Å²) >= 11 is 2.69. The van der Waals surface area contributed by atoms with Crippen LogP contribution < -0.4 is 20.1 Å². The second-order valence-electron chi connectivity index (χ2n) is 6.57. The van der Waals surface area contributed by atoms with Gasteiger partial charge in [-0.1, -0.05) is 6.07 Å². The molecule has 154 valence electrons. The fourth-order valence-electron chi connectivity index (χ4n) is 3.07. The number of hydrogen-bond acceptors (Lipinski definition) is 7. The number of thiophene rings is 1. The molecule has 2 aromatic heterocycles. The van der Waals surface area contributed by atoms with Gasteiger partial charge in [0.05, 0.1) is 10.6 Å². The third-order valence-electron chi connectivity index (χ3n) is 4.52. The Morgan fingerprint density at radius 1 is 1.55 bits per heavy atom. The van der Waals surface area contributed by atoms with E-state index in [0.717, 1.165) is 17.7 Å². The van der Waals surface area contributed by atoms with Crippen LogP contribution >= 0.6 is 22.7 Å². The van der Waals surface area contributed by atoms with Crippen molar-refractivity contribution in [1.82, 2.24) is 9.88 Å². The number of amides is 1. The quantitative estimate of drug-likeness (QED) is 0.622. The van der Waals surface area contributed by atoms with Gasteiger partial charge in [-0.25, -0.2) is 0 Å². The van der Waals surface area contributed by atoms with E-state index in [9.17, 15) is 14.9 Å². The Bertz CT molecular complexity index is 1040. The summed E-state index contributed by atoms with van der Waals surface area (Å²) in [5.41, 5.74) is -0.248. The molecule has 1 atom stereocenters. The molecule has 0 radical (unpaired) electrons. The highest BCUT2D eigenvalue weighted by atomic mass is 32.1. The molecule has 1 aliphatic heterocycles. The van der Waals surface area contributed by atoms with E-state index in [4.69, 9.17) is 9.47 Å². The molecule has 0 spiro atoms. The molecule has 3 rings (SSSR count). The van der Waals surface area contributed by atoms with Gasteiger partial charge in [-0.15, -0.1) is 22.7 Å². The smallest absolute Gasteiger partial charge is 0.269 e. The van der Waals surface area contributed by atoms with E-state index in [-0.39, 0.29) is 17.2 Å². The Hall–Kier alpha value is -2.25. The molecule has 1 N–H and O–H groups in total. The number of ether oxygens (including phenoxy) is 2. The van der Waals surface area contributed by atoms with Crippen LogP contribution in [-0.2, 0) is 20.8 Å². The van der Waals surface area contributed by atoms with E-state index in [2.05, 4.69) is 5.32 Å². The maximum Gasteiger partial charge on any atom is 0.269 e. The van der Waals surface area contributed by atoms with Crippen molar-refractivity contribution < 1.29 is 14.3 Å². The molecule has 0 aromatic carbocycles. The fraction of sp³-hybridized carbons (Fsp3) is 0.450. The number of hydrogen-bond donors (Lipinski definition) is 1. The zero-order valence-corrected chi connectivity index (χ0v) is 17.8. The molecule has 9 heteroatoms. The molecular weight excluding hydrogens is 410 g/mol. The van der Waals surface area contributed by atoms with Crippen LogP contribution in [-0.4, -0.2) is 43.4 Å². The summed E-state index contributed by atoms with van der Waals surface area (Å²) in [7, 11) is 1.60. The Morgan fingerprint density at radius 3 is 3.07 bits per heavy atom. The first kappa shape index (κ1) is 21.5. The molecule has 1 amide bonds. The number of nitriles is 1. The zero-order chi connectivity index (χ0) is 20.6. The van der Waals surface area contributed by atoms with Crippen molar-refractivity contribution in [2.24, 2.45) is 0 Å². The lowest BCUT2D eigenvalue weighted by molar-refractivity contribution is -0.116. The van der Waals surface area contributed by atoms with Crippen LogP contribution in [0.1, 0.15) is 24.1 Å². The molecule has 29 heavy (non-hydrogen) atoms. The SMILES string of the molecule is COCCCn1c(=C(C#N)C(=O)NCC2CCCO2)sc(=Cc2cccs2)c1=O. The van der Waals surface area contributed by atoms with Gasteiger partial charge in [0, 0.05) is 38.3 Å². The first-order chi connectivity index (χ1) is 14.1. The monoisotopic (exact) mass is 433 g/mol. The first-order valence-electron chi connectivity index (χ1n) is 9.42. The van der Waals surface area contributed by atoms with Crippen molar-refractivity contribution >= 4 is 40.2 Å². The number of carbonyl (C=O) groups is 1. The zero-order valence-electron chi connectivity index (χ0n) is 16.2. The summed E-state index contributed by atoms with van der Waals surface area (Å²) in [5, 5.41) is 14.4. The van der Waals surface area contributed by atoms with Gasteiger partial charge in [0.2, 0.25) is 0 Å². The van der Waals surface area contributed by atoms with Crippen molar-refractivity contribution in [3.05, 3.63) is 41.9 Å². The third kappa shape index (κ3) is 5.42. The Morgan fingerprint density at radius 2 is 2.41 bits per heavy atom. The minimum Gasteiger partial charge on any atom is -0.385 e. The van der Waals surface area contributed by atoms with Crippen LogP contribution in [0.4, 0.5) is 0 Å². The van der Waals surface area contributed by atoms with E-state index in [1.807, 2.05) is 23.6 Å². The molecule has 3 heterocycles. The fourth-order valence-corrected chi connectivity index (χ4v) is 4.92. The summed E-state index contributed by atoms with van der Waals surface area (Å²) < 4.78 is 13.0. The van der Waals surface area contributed by atoms with Gasteiger partial charge in [0.25, 0.3) is 11.5 Å². The Kier molecular flexibility index (Phi) is 7.77. The Labute approximate surface area is 176 Å². The highest BCUT2D eigenvalue weighted by molar-refractivity contribution is 7.11. The minimum atomic E-state index is -0.479. The molecule has 1 fully saturated rings. The number of carbonyl (C=O) groups excluding carboxylic acids is 1. The topological polar surface area (TPSA) is 93.3 Å². The van der Waals surface area contributed by atoms with Crippen molar-refractivity contribution in [3.8, 4) is 6.07 Å². The van der Waals surface area contributed by atoms with Crippen LogP contribution in [0.25, 0.3) is 11.6 Å². The average molecular weight is 434 g/mol. The molecule has 1 unspecified atom stereocenters. The number of nitrogens with zero attached hydrogens (tertiary/aromatic N) is 2. The summed E-state index contributed by atoms with van der Waals surface area (Å²) in [6.45, 7) is 1.92. The van der Waals surface area contributed by atoms with Crippen molar-refractivity contribution in [1.29, 1.82) is 5.26 Å². The van der Waals surface area contributed by atoms with Crippen molar-refractivity contribution in [2.75, 3.05) is 26.9 Å². The number of methoxy groups -OCH3 is 1. The van der Waals surface area contributed by atoms with E-state index in [0.29, 0.717) is 41.9 Å².